The Balaban J connectivity index is 1.96. The van der Waals surface area contributed by atoms with Crippen LogP contribution in [-0.2, 0) is 0 Å². The van der Waals surface area contributed by atoms with E-state index in [0.29, 0.717) is 0 Å². The van der Waals surface area contributed by atoms with Crippen LogP contribution in [0.4, 0.5) is 0 Å². The molecular formula is C10H8N2S2. The average molecular weight is 220 g/mol. The van der Waals surface area contributed by atoms with Gasteiger partial charge in [0.05, 0.1) is 0 Å². The topological polar surface area (TPSA) is 25.8 Å². The van der Waals surface area contributed by atoms with Gasteiger partial charge < -0.3 is 0 Å². The van der Waals surface area contributed by atoms with Crippen LogP contribution in [0.15, 0.2) is 58.8 Å². The zero-order valence-corrected chi connectivity index (χ0v) is 8.96. The van der Waals surface area contributed by atoms with E-state index >= 15 is 0 Å². The number of aromatic nitrogens is 2. The molecule has 4 heteroatoms. The van der Waals surface area contributed by atoms with Gasteiger partial charge in [0.25, 0.3) is 0 Å². The van der Waals surface area contributed by atoms with Gasteiger partial charge in [-0.25, -0.2) is 4.98 Å². The van der Waals surface area contributed by atoms with Crippen molar-refractivity contribution in [1.29, 1.82) is 0 Å². The van der Waals surface area contributed by atoms with Gasteiger partial charge in [-0.3, -0.25) is 4.98 Å². The number of rotatable bonds is 3. The van der Waals surface area contributed by atoms with Crippen molar-refractivity contribution >= 4 is 21.6 Å². The fourth-order valence-electron chi connectivity index (χ4n) is 0.881. The Morgan fingerprint density at radius 2 is 1.71 bits per heavy atom. The molecule has 0 aliphatic heterocycles. The Labute approximate surface area is 90.6 Å². The molecule has 2 heterocycles. The summed E-state index contributed by atoms with van der Waals surface area (Å²) in [6.45, 7) is 0. The van der Waals surface area contributed by atoms with Crippen molar-refractivity contribution in [2.45, 2.75) is 9.92 Å². The number of nitrogens with zero attached hydrogens (tertiary/aromatic N) is 2. The molecule has 0 aliphatic rings. The zero-order valence-electron chi connectivity index (χ0n) is 7.33. The first kappa shape index (κ1) is 9.55. The lowest BCUT2D eigenvalue weighted by Gasteiger charge is -1.98. The molecule has 2 rings (SSSR count). The molecule has 0 unspecified atom stereocenters. The zero-order chi connectivity index (χ0) is 9.64. The van der Waals surface area contributed by atoms with Crippen LogP contribution in [-0.4, -0.2) is 9.97 Å². The van der Waals surface area contributed by atoms with Crippen molar-refractivity contribution in [3.05, 3.63) is 48.9 Å². The summed E-state index contributed by atoms with van der Waals surface area (Å²) in [6.07, 6.45) is 5.39. The SMILES string of the molecule is c1ccc(SSc2ccncc2)nc1. The molecular weight excluding hydrogens is 212 g/mol. The molecule has 0 radical (unpaired) electrons. The third-order valence-electron chi connectivity index (χ3n) is 1.51. The number of hydrogen-bond donors (Lipinski definition) is 0. The Hall–Kier alpha value is -1.00. The first-order chi connectivity index (χ1) is 6.95. The van der Waals surface area contributed by atoms with Gasteiger partial charge in [-0.1, -0.05) is 16.9 Å². The Morgan fingerprint density at radius 3 is 2.43 bits per heavy atom. The van der Waals surface area contributed by atoms with Crippen LogP contribution in [0.5, 0.6) is 0 Å². The smallest absolute Gasteiger partial charge is 0.107 e. The highest BCUT2D eigenvalue weighted by molar-refractivity contribution is 8.76. The van der Waals surface area contributed by atoms with Crippen molar-refractivity contribution in [1.82, 2.24) is 9.97 Å². The van der Waals surface area contributed by atoms with Crippen molar-refractivity contribution in [2.24, 2.45) is 0 Å². The molecule has 2 nitrogen and oxygen atoms in total. The van der Waals surface area contributed by atoms with Crippen LogP contribution >= 0.6 is 21.6 Å². The molecule has 2 aromatic rings. The normalized spacial score (nSPS) is 10.0. The lowest BCUT2D eigenvalue weighted by molar-refractivity contribution is 1.14. The first-order valence-electron chi connectivity index (χ1n) is 4.11. The van der Waals surface area contributed by atoms with E-state index in [-0.39, 0.29) is 0 Å². The summed E-state index contributed by atoms with van der Waals surface area (Å²) in [6, 6.07) is 9.88. The third-order valence-corrected chi connectivity index (χ3v) is 3.81. The van der Waals surface area contributed by atoms with E-state index in [4.69, 9.17) is 0 Å². The minimum atomic E-state index is 1.02. The maximum absolute atomic E-state index is 4.22. The highest BCUT2D eigenvalue weighted by Gasteiger charge is 1.96. The molecule has 2 aromatic heterocycles. The Morgan fingerprint density at radius 1 is 0.857 bits per heavy atom. The molecule has 0 spiro atoms. The van der Waals surface area contributed by atoms with Crippen molar-refractivity contribution in [2.75, 3.05) is 0 Å². The van der Waals surface area contributed by atoms with Crippen molar-refractivity contribution in [3.8, 4) is 0 Å². The van der Waals surface area contributed by atoms with Crippen LogP contribution in [0.25, 0.3) is 0 Å². The van der Waals surface area contributed by atoms with Crippen LogP contribution in [0.1, 0.15) is 0 Å². The summed E-state index contributed by atoms with van der Waals surface area (Å²) in [4.78, 5) is 9.37. The maximum Gasteiger partial charge on any atom is 0.107 e. The van der Waals surface area contributed by atoms with E-state index in [1.54, 1.807) is 40.2 Å². The van der Waals surface area contributed by atoms with Gasteiger partial charge in [-0.15, -0.1) is 0 Å². The highest BCUT2D eigenvalue weighted by Crippen LogP contribution is 2.35. The number of hydrogen-bond acceptors (Lipinski definition) is 4. The second-order valence-corrected chi connectivity index (χ2v) is 4.74. The van der Waals surface area contributed by atoms with Crippen LogP contribution < -0.4 is 0 Å². The number of pyridine rings is 2. The standard InChI is InChI=1S/C10H8N2S2/c1-2-6-12-10(3-1)14-13-9-4-7-11-8-5-9/h1-8H. The van der Waals surface area contributed by atoms with Crippen LogP contribution in [0.2, 0.25) is 0 Å². The molecule has 0 saturated heterocycles. The monoisotopic (exact) mass is 220 g/mol. The maximum atomic E-state index is 4.22. The van der Waals surface area contributed by atoms with Gasteiger partial charge in [0.1, 0.15) is 5.03 Å². The van der Waals surface area contributed by atoms with Gasteiger partial charge >= 0.3 is 0 Å². The van der Waals surface area contributed by atoms with E-state index in [9.17, 15) is 0 Å². The molecule has 70 valence electrons. The molecule has 0 aliphatic carbocycles. The van der Waals surface area contributed by atoms with E-state index < -0.39 is 0 Å². The average Bonchev–Trinajstić information content (AvgIpc) is 2.29. The largest absolute Gasteiger partial charge is 0.265 e. The van der Waals surface area contributed by atoms with Gasteiger partial charge in [0, 0.05) is 23.5 Å². The fraction of sp³-hybridized carbons (Fsp3) is 0. The summed E-state index contributed by atoms with van der Waals surface area (Å²) in [5.41, 5.74) is 0. The van der Waals surface area contributed by atoms with Crippen LogP contribution in [0, 0.1) is 0 Å². The summed E-state index contributed by atoms with van der Waals surface area (Å²) >= 11 is 0. The predicted octanol–water partition coefficient (Wildman–Crippen LogP) is 3.28. The second-order valence-electron chi connectivity index (χ2n) is 2.52. The lowest BCUT2D eigenvalue weighted by Crippen LogP contribution is -1.74. The minimum absolute atomic E-state index is 1.02. The molecule has 0 fully saturated rings. The summed E-state index contributed by atoms with van der Waals surface area (Å²) in [5, 5.41) is 1.02. The minimum Gasteiger partial charge on any atom is -0.265 e. The van der Waals surface area contributed by atoms with Crippen molar-refractivity contribution < 1.29 is 0 Å². The second kappa shape index (κ2) is 5.02. The fourth-order valence-corrected chi connectivity index (χ4v) is 2.71. The quantitative estimate of drug-likeness (QED) is 0.741. The third kappa shape index (κ3) is 2.75. The van der Waals surface area contributed by atoms with Gasteiger partial charge in [-0.2, -0.15) is 0 Å². The molecule has 0 atom stereocenters. The molecule has 0 aromatic carbocycles. The van der Waals surface area contributed by atoms with Crippen LogP contribution in [0.3, 0.4) is 0 Å². The summed E-state index contributed by atoms with van der Waals surface area (Å²) in [5.74, 6) is 0. The van der Waals surface area contributed by atoms with Gasteiger partial charge in [-0.05, 0) is 35.1 Å². The van der Waals surface area contributed by atoms with E-state index in [0.717, 1.165) is 5.03 Å². The van der Waals surface area contributed by atoms with E-state index in [1.165, 1.54) is 4.90 Å². The van der Waals surface area contributed by atoms with E-state index in [1.807, 2.05) is 30.3 Å². The van der Waals surface area contributed by atoms with Gasteiger partial charge in [0.15, 0.2) is 0 Å². The first-order valence-corrected chi connectivity index (χ1v) is 6.26. The Kier molecular flexibility index (Phi) is 3.43. The summed E-state index contributed by atoms with van der Waals surface area (Å²) < 4.78 is 0. The predicted molar refractivity (Wildman–Crippen MR) is 60.2 cm³/mol. The van der Waals surface area contributed by atoms with Crippen molar-refractivity contribution in [3.63, 3.8) is 0 Å². The molecule has 0 N–H and O–H groups in total. The lowest BCUT2D eigenvalue weighted by atomic mass is 10.5. The highest BCUT2D eigenvalue weighted by atomic mass is 33.1. The van der Waals surface area contributed by atoms with Gasteiger partial charge in [0.2, 0.25) is 0 Å². The van der Waals surface area contributed by atoms with E-state index in [2.05, 4.69) is 9.97 Å². The Bertz CT molecular complexity index is 338. The molecule has 14 heavy (non-hydrogen) atoms. The molecule has 0 saturated carbocycles. The molecule has 0 amide bonds. The molecule has 0 bridgehead atoms. The summed E-state index contributed by atoms with van der Waals surface area (Å²) in [7, 11) is 3.34.